The van der Waals surface area contributed by atoms with E-state index in [2.05, 4.69) is 32.6 Å². The van der Waals surface area contributed by atoms with E-state index in [0.717, 1.165) is 15.1 Å². The molecular weight excluding hydrogens is 243 g/mol. The molecule has 4 heteroatoms. The van der Waals surface area contributed by atoms with Crippen LogP contribution >= 0.6 is 22.6 Å². The third-order valence-corrected chi connectivity index (χ3v) is 1.91. The molecule has 0 fully saturated rings. The minimum atomic E-state index is 0.767. The Balaban J connectivity index is 3.17. The van der Waals surface area contributed by atoms with Gasteiger partial charge in [0, 0.05) is 0 Å². The van der Waals surface area contributed by atoms with E-state index >= 15 is 0 Å². The first-order valence-electron chi connectivity index (χ1n) is 2.76. The van der Waals surface area contributed by atoms with Crippen molar-refractivity contribution in [2.75, 3.05) is 7.11 Å². The lowest BCUT2D eigenvalue weighted by atomic mass is 10.4. The van der Waals surface area contributed by atoms with Crippen LogP contribution in [0.3, 0.4) is 0 Å². The van der Waals surface area contributed by atoms with Crippen LogP contribution < -0.4 is 4.74 Å². The van der Waals surface area contributed by atoms with Crippen LogP contribution in [0.5, 0.6) is 5.75 Å². The molecule has 0 unspecified atom stereocenters. The van der Waals surface area contributed by atoms with Gasteiger partial charge in [-0.3, -0.25) is 0 Å². The number of hydrogen-bond donors (Lipinski definition) is 0. The first-order chi connectivity index (χ1) is 4.75. The highest BCUT2D eigenvalue weighted by atomic mass is 127. The van der Waals surface area contributed by atoms with E-state index in [1.54, 1.807) is 7.11 Å². The molecule has 1 rings (SSSR count). The molecular formula is C6H7IN2O. The molecule has 0 aliphatic rings. The molecule has 0 aromatic carbocycles. The van der Waals surface area contributed by atoms with Gasteiger partial charge in [0.1, 0.15) is 10.0 Å². The van der Waals surface area contributed by atoms with Gasteiger partial charge >= 0.3 is 0 Å². The molecule has 0 saturated carbocycles. The number of halogens is 1. The Morgan fingerprint density at radius 2 is 2.20 bits per heavy atom. The Morgan fingerprint density at radius 1 is 1.50 bits per heavy atom. The third kappa shape index (κ3) is 1.36. The van der Waals surface area contributed by atoms with Crippen LogP contribution in [0.2, 0.25) is 0 Å². The largest absolute Gasteiger partial charge is 0.492 e. The van der Waals surface area contributed by atoms with E-state index in [9.17, 15) is 0 Å². The van der Waals surface area contributed by atoms with Crippen molar-refractivity contribution in [1.82, 2.24) is 9.97 Å². The summed E-state index contributed by atoms with van der Waals surface area (Å²) in [6.45, 7) is 1.89. The second kappa shape index (κ2) is 3.14. The lowest BCUT2D eigenvalue weighted by molar-refractivity contribution is 0.403. The summed E-state index contributed by atoms with van der Waals surface area (Å²) in [6, 6.07) is 0. The Hall–Kier alpha value is -0.390. The fraction of sp³-hybridized carbons (Fsp3) is 0.333. The van der Waals surface area contributed by atoms with Crippen molar-refractivity contribution >= 4 is 22.6 Å². The lowest BCUT2D eigenvalue weighted by Crippen LogP contribution is -1.95. The maximum atomic E-state index is 5.04. The van der Waals surface area contributed by atoms with Gasteiger partial charge in [0.2, 0.25) is 0 Å². The van der Waals surface area contributed by atoms with Crippen molar-refractivity contribution in [1.29, 1.82) is 0 Å². The SMILES string of the molecule is COc1c(C)ncnc1I. The van der Waals surface area contributed by atoms with Crippen LogP contribution in [0.15, 0.2) is 6.33 Å². The van der Waals surface area contributed by atoms with E-state index < -0.39 is 0 Å². The predicted octanol–water partition coefficient (Wildman–Crippen LogP) is 1.40. The Labute approximate surface area is 73.0 Å². The molecule has 0 aliphatic heterocycles. The minimum Gasteiger partial charge on any atom is -0.492 e. The van der Waals surface area contributed by atoms with Crippen LogP contribution in [-0.2, 0) is 0 Å². The number of methoxy groups -OCH3 is 1. The van der Waals surface area contributed by atoms with Crippen molar-refractivity contribution in [3.05, 3.63) is 15.7 Å². The van der Waals surface area contributed by atoms with Gasteiger partial charge in [0.15, 0.2) is 5.75 Å². The lowest BCUT2D eigenvalue weighted by Gasteiger charge is -2.02. The summed E-state index contributed by atoms with van der Waals surface area (Å²) in [4.78, 5) is 7.93. The van der Waals surface area contributed by atoms with Crippen LogP contribution in [0.25, 0.3) is 0 Å². The van der Waals surface area contributed by atoms with Gasteiger partial charge < -0.3 is 4.74 Å². The molecule has 10 heavy (non-hydrogen) atoms. The van der Waals surface area contributed by atoms with Crippen molar-refractivity contribution in [2.24, 2.45) is 0 Å². The Morgan fingerprint density at radius 3 is 2.60 bits per heavy atom. The number of aromatic nitrogens is 2. The molecule has 54 valence electrons. The molecule has 0 radical (unpaired) electrons. The van der Waals surface area contributed by atoms with E-state index in [1.807, 2.05) is 6.92 Å². The van der Waals surface area contributed by atoms with Crippen molar-refractivity contribution in [2.45, 2.75) is 6.92 Å². The molecule has 0 N–H and O–H groups in total. The molecule has 0 aliphatic carbocycles. The zero-order chi connectivity index (χ0) is 7.56. The number of ether oxygens (including phenoxy) is 1. The van der Waals surface area contributed by atoms with Gasteiger partial charge in [-0.1, -0.05) is 0 Å². The highest BCUT2D eigenvalue weighted by molar-refractivity contribution is 14.1. The summed E-state index contributed by atoms with van der Waals surface area (Å²) < 4.78 is 5.90. The number of hydrogen-bond acceptors (Lipinski definition) is 3. The van der Waals surface area contributed by atoms with Gasteiger partial charge in [-0.2, -0.15) is 0 Å². The van der Waals surface area contributed by atoms with Gasteiger partial charge in [0.25, 0.3) is 0 Å². The van der Waals surface area contributed by atoms with Crippen molar-refractivity contribution in [3.8, 4) is 5.75 Å². The maximum absolute atomic E-state index is 5.04. The quantitative estimate of drug-likeness (QED) is 0.558. The molecule has 1 aromatic heterocycles. The highest BCUT2D eigenvalue weighted by Crippen LogP contribution is 2.19. The second-order valence-corrected chi connectivity index (χ2v) is 2.80. The van der Waals surface area contributed by atoms with Crippen LogP contribution in [-0.4, -0.2) is 17.1 Å². The number of rotatable bonds is 1. The predicted molar refractivity (Wildman–Crippen MR) is 46.0 cm³/mol. The Bertz CT molecular complexity index is 219. The van der Waals surface area contributed by atoms with Gasteiger partial charge in [-0.05, 0) is 29.5 Å². The molecule has 3 nitrogen and oxygen atoms in total. The number of nitrogens with zero attached hydrogens (tertiary/aromatic N) is 2. The van der Waals surface area contributed by atoms with Crippen LogP contribution in [0.4, 0.5) is 0 Å². The molecule has 0 atom stereocenters. The summed E-state index contributed by atoms with van der Waals surface area (Å²) >= 11 is 2.11. The molecule has 0 saturated heterocycles. The van der Waals surface area contributed by atoms with Gasteiger partial charge in [-0.15, -0.1) is 0 Å². The monoisotopic (exact) mass is 250 g/mol. The summed E-state index contributed by atoms with van der Waals surface area (Å²) in [5.74, 6) is 0.767. The third-order valence-electron chi connectivity index (χ3n) is 1.14. The van der Waals surface area contributed by atoms with E-state index in [1.165, 1.54) is 6.33 Å². The molecule has 0 spiro atoms. The maximum Gasteiger partial charge on any atom is 0.171 e. The van der Waals surface area contributed by atoms with E-state index in [-0.39, 0.29) is 0 Å². The summed E-state index contributed by atoms with van der Waals surface area (Å²) in [7, 11) is 1.62. The fourth-order valence-electron chi connectivity index (χ4n) is 0.665. The van der Waals surface area contributed by atoms with Gasteiger partial charge in [0.05, 0.1) is 12.8 Å². The number of aryl methyl sites for hydroxylation is 1. The van der Waals surface area contributed by atoms with Gasteiger partial charge in [-0.25, -0.2) is 9.97 Å². The fourth-order valence-corrected chi connectivity index (χ4v) is 1.40. The average molecular weight is 250 g/mol. The average Bonchev–Trinajstić information content (AvgIpc) is 1.88. The summed E-state index contributed by atoms with van der Waals surface area (Å²) in [6.07, 6.45) is 1.53. The standard InChI is InChI=1S/C6H7IN2O/c1-4-5(10-2)6(7)9-3-8-4/h3H,1-2H3. The van der Waals surface area contributed by atoms with E-state index in [0.29, 0.717) is 0 Å². The molecule has 1 aromatic rings. The topological polar surface area (TPSA) is 35.0 Å². The zero-order valence-electron chi connectivity index (χ0n) is 5.76. The molecule has 1 heterocycles. The zero-order valence-corrected chi connectivity index (χ0v) is 7.92. The first-order valence-corrected chi connectivity index (χ1v) is 3.84. The summed E-state index contributed by atoms with van der Waals surface area (Å²) in [5.41, 5.74) is 0.877. The van der Waals surface area contributed by atoms with Crippen molar-refractivity contribution < 1.29 is 4.74 Å². The van der Waals surface area contributed by atoms with Crippen molar-refractivity contribution in [3.63, 3.8) is 0 Å². The molecule has 0 bridgehead atoms. The smallest absolute Gasteiger partial charge is 0.171 e. The Kier molecular flexibility index (Phi) is 2.42. The summed E-state index contributed by atoms with van der Waals surface area (Å²) in [5, 5.41) is 0. The minimum absolute atomic E-state index is 0.767. The first kappa shape index (κ1) is 7.71. The normalized spacial score (nSPS) is 9.50. The highest BCUT2D eigenvalue weighted by Gasteiger charge is 2.03. The van der Waals surface area contributed by atoms with Crippen LogP contribution in [0.1, 0.15) is 5.69 Å². The van der Waals surface area contributed by atoms with E-state index in [4.69, 9.17) is 4.74 Å². The van der Waals surface area contributed by atoms with Crippen LogP contribution in [0, 0.1) is 10.6 Å². The molecule has 0 amide bonds. The second-order valence-electron chi connectivity index (χ2n) is 1.78.